The molecule has 2 aliphatic carbocycles. The molecular formula is C25H25N7O3. The highest BCUT2D eigenvalue weighted by atomic mass is 16.2. The third-order valence-electron chi connectivity index (χ3n) is 6.52. The number of rotatable bonds is 7. The zero-order valence-corrected chi connectivity index (χ0v) is 19.3. The number of benzene rings is 1. The first-order chi connectivity index (χ1) is 17.0. The highest BCUT2D eigenvalue weighted by molar-refractivity contribution is 6.12. The number of fused-ring (bicyclic) bond motifs is 1. The summed E-state index contributed by atoms with van der Waals surface area (Å²) >= 11 is 0. The van der Waals surface area contributed by atoms with Crippen LogP contribution in [-0.2, 0) is 6.54 Å². The molecule has 0 unspecified atom stereocenters. The number of aromatic nitrogens is 6. The van der Waals surface area contributed by atoms with Gasteiger partial charge in [0.25, 0.3) is 11.5 Å². The van der Waals surface area contributed by atoms with E-state index in [-0.39, 0.29) is 22.5 Å². The van der Waals surface area contributed by atoms with E-state index in [4.69, 9.17) is 0 Å². The smallest absolute Gasteiger partial charge is 0.322 e. The minimum atomic E-state index is -0.608. The van der Waals surface area contributed by atoms with Gasteiger partial charge in [-0.2, -0.15) is 5.10 Å². The molecule has 0 spiro atoms. The largest absolute Gasteiger partial charge is 0.329 e. The second-order valence-corrected chi connectivity index (χ2v) is 9.33. The monoisotopic (exact) mass is 471 g/mol. The van der Waals surface area contributed by atoms with Gasteiger partial charge in [0, 0.05) is 35.3 Å². The predicted octanol–water partition coefficient (Wildman–Crippen LogP) is 3.29. The summed E-state index contributed by atoms with van der Waals surface area (Å²) in [6.07, 6.45) is 4.93. The lowest BCUT2D eigenvalue weighted by atomic mass is 10.1. The van der Waals surface area contributed by atoms with Crippen LogP contribution >= 0.6 is 0 Å². The van der Waals surface area contributed by atoms with E-state index in [1.807, 2.05) is 19.1 Å². The summed E-state index contributed by atoms with van der Waals surface area (Å²) < 4.78 is 1.45. The number of H-pyrrole nitrogens is 2. The third-order valence-corrected chi connectivity index (χ3v) is 6.52. The minimum absolute atomic E-state index is 0.130. The fraction of sp³-hybridized carbons (Fsp3) is 0.360. The maximum absolute atomic E-state index is 13.4. The Labute approximate surface area is 199 Å². The number of nitrogens with one attached hydrogen (secondary N) is 3. The van der Waals surface area contributed by atoms with Crippen molar-refractivity contribution in [3.05, 3.63) is 68.3 Å². The number of carbonyl (C=O) groups is 1. The number of hydrogen-bond acceptors (Lipinski definition) is 6. The molecule has 0 aliphatic heterocycles. The Bertz CT molecular complexity index is 1560. The topological polar surface area (TPSA) is 138 Å². The molecule has 3 N–H and O–H groups in total. The lowest BCUT2D eigenvalue weighted by Gasteiger charge is -2.13. The number of carbonyl (C=O) groups excluding carboxylic acids is 1. The molecule has 0 saturated heterocycles. The molecule has 0 bridgehead atoms. The van der Waals surface area contributed by atoms with Crippen LogP contribution in [-0.4, -0.2) is 35.6 Å². The molecule has 10 heteroatoms. The summed E-state index contributed by atoms with van der Waals surface area (Å²) in [6, 6.07) is 8.95. The Balaban J connectivity index is 1.34. The fourth-order valence-electron chi connectivity index (χ4n) is 4.34. The predicted molar refractivity (Wildman–Crippen MR) is 131 cm³/mol. The van der Waals surface area contributed by atoms with Gasteiger partial charge in [-0.15, -0.1) is 0 Å². The van der Waals surface area contributed by atoms with E-state index in [0.717, 1.165) is 42.8 Å². The first kappa shape index (κ1) is 21.5. The molecule has 1 amide bonds. The summed E-state index contributed by atoms with van der Waals surface area (Å²) in [5.74, 6) is 1.85. The number of nitrogens with zero attached hydrogens (tertiary/aromatic N) is 4. The van der Waals surface area contributed by atoms with Gasteiger partial charge in [-0.3, -0.25) is 24.2 Å². The average molecular weight is 472 g/mol. The summed E-state index contributed by atoms with van der Waals surface area (Å²) in [7, 11) is 0. The van der Waals surface area contributed by atoms with E-state index in [9.17, 15) is 14.4 Å². The summed E-state index contributed by atoms with van der Waals surface area (Å²) in [6.45, 7) is 2.34. The van der Waals surface area contributed by atoms with E-state index >= 15 is 0 Å². The molecule has 2 saturated carbocycles. The van der Waals surface area contributed by atoms with E-state index in [1.165, 1.54) is 4.57 Å². The van der Waals surface area contributed by atoms with Gasteiger partial charge in [0.15, 0.2) is 11.5 Å². The molecule has 10 nitrogen and oxygen atoms in total. The molecule has 0 radical (unpaired) electrons. The first-order valence-electron chi connectivity index (χ1n) is 12.0. The van der Waals surface area contributed by atoms with Crippen LogP contribution in [0.3, 0.4) is 0 Å². The van der Waals surface area contributed by atoms with Crippen LogP contribution < -0.4 is 16.6 Å². The molecule has 2 fully saturated rings. The summed E-state index contributed by atoms with van der Waals surface area (Å²) in [4.78, 5) is 50.1. The zero-order chi connectivity index (χ0) is 24.1. The lowest BCUT2D eigenvalue weighted by Crippen LogP contribution is -2.32. The van der Waals surface area contributed by atoms with Crippen molar-refractivity contribution in [2.24, 2.45) is 0 Å². The van der Waals surface area contributed by atoms with Crippen molar-refractivity contribution in [2.45, 2.75) is 57.4 Å². The molecule has 2 aliphatic rings. The minimum Gasteiger partial charge on any atom is -0.322 e. The van der Waals surface area contributed by atoms with Gasteiger partial charge in [0.1, 0.15) is 5.82 Å². The molecule has 4 aromatic rings. The van der Waals surface area contributed by atoms with E-state index in [1.54, 1.807) is 18.2 Å². The van der Waals surface area contributed by atoms with E-state index in [0.29, 0.717) is 30.4 Å². The first-order valence-corrected chi connectivity index (χ1v) is 12.0. The van der Waals surface area contributed by atoms with Crippen molar-refractivity contribution in [1.82, 2.24) is 29.7 Å². The maximum atomic E-state index is 13.4. The third kappa shape index (κ3) is 4.05. The van der Waals surface area contributed by atoms with Gasteiger partial charge in [0.05, 0.1) is 10.9 Å². The Morgan fingerprint density at radius 2 is 1.83 bits per heavy atom. The zero-order valence-electron chi connectivity index (χ0n) is 19.3. The van der Waals surface area contributed by atoms with Crippen molar-refractivity contribution in [1.29, 1.82) is 0 Å². The Morgan fingerprint density at radius 3 is 2.51 bits per heavy atom. The van der Waals surface area contributed by atoms with Gasteiger partial charge in [-0.1, -0.05) is 6.92 Å². The van der Waals surface area contributed by atoms with Gasteiger partial charge in [-0.25, -0.2) is 14.8 Å². The second-order valence-electron chi connectivity index (χ2n) is 9.33. The van der Waals surface area contributed by atoms with Crippen LogP contribution in [0.25, 0.3) is 22.4 Å². The van der Waals surface area contributed by atoms with E-state index < -0.39 is 17.2 Å². The van der Waals surface area contributed by atoms with Crippen molar-refractivity contribution in [2.75, 3.05) is 5.32 Å². The molecule has 35 heavy (non-hydrogen) atoms. The molecule has 178 valence electrons. The van der Waals surface area contributed by atoms with Crippen LogP contribution in [0, 0.1) is 0 Å². The van der Waals surface area contributed by atoms with Crippen molar-refractivity contribution < 1.29 is 4.79 Å². The highest BCUT2D eigenvalue weighted by Crippen LogP contribution is 2.40. The molecule has 0 atom stereocenters. The number of hydrogen-bond donors (Lipinski definition) is 3. The molecular weight excluding hydrogens is 446 g/mol. The van der Waals surface area contributed by atoms with Gasteiger partial charge in [-0.05, 0) is 62.4 Å². The van der Waals surface area contributed by atoms with Crippen LogP contribution in [0.5, 0.6) is 0 Å². The Morgan fingerprint density at radius 1 is 1.09 bits per heavy atom. The number of aryl methyl sites for hydroxylation is 1. The number of amides is 1. The molecule has 3 aromatic heterocycles. The summed E-state index contributed by atoms with van der Waals surface area (Å²) in [5, 5.41) is 10.3. The van der Waals surface area contributed by atoms with E-state index in [2.05, 4.69) is 30.5 Å². The van der Waals surface area contributed by atoms with Gasteiger partial charge < -0.3 is 5.32 Å². The second kappa shape index (κ2) is 8.30. The van der Waals surface area contributed by atoms with Crippen molar-refractivity contribution >= 4 is 22.6 Å². The van der Waals surface area contributed by atoms with Crippen molar-refractivity contribution in [3.63, 3.8) is 0 Å². The molecule has 6 rings (SSSR count). The SMILES string of the molecule is CCCn1c(=O)[nH]c(=O)c2c(C(=O)Nc3ccc(-c4n[nH]c(C5CC5)n4)cc3)cc(C3CC3)nc21. The fourth-order valence-corrected chi connectivity index (χ4v) is 4.34. The average Bonchev–Trinajstić information content (AvgIpc) is 3.80. The van der Waals surface area contributed by atoms with Crippen LogP contribution in [0.15, 0.2) is 39.9 Å². The van der Waals surface area contributed by atoms with Crippen LogP contribution in [0.2, 0.25) is 0 Å². The van der Waals surface area contributed by atoms with Gasteiger partial charge >= 0.3 is 5.69 Å². The van der Waals surface area contributed by atoms with Crippen LogP contribution in [0.1, 0.15) is 72.7 Å². The molecule has 3 heterocycles. The number of pyridine rings is 1. The number of anilines is 1. The standard InChI is InChI=1S/C25H25N7O3/c1-2-11-32-22-19(24(34)29-25(32)35)17(12-18(27-22)13-3-4-13)23(33)26-16-9-7-15(8-10-16)21-28-20(30-31-21)14-5-6-14/h7-10,12-14H,2-6,11H2,1H3,(H,26,33)(H,28,30,31)(H,29,34,35). The lowest BCUT2D eigenvalue weighted by molar-refractivity contribution is 0.102. The Hall–Kier alpha value is -4.08. The quantitative estimate of drug-likeness (QED) is 0.378. The van der Waals surface area contributed by atoms with Gasteiger partial charge in [0.2, 0.25) is 0 Å². The summed E-state index contributed by atoms with van der Waals surface area (Å²) in [5.41, 5.74) is 1.53. The Kier molecular flexibility index (Phi) is 5.09. The van der Waals surface area contributed by atoms with Crippen molar-refractivity contribution in [3.8, 4) is 11.4 Å². The normalized spacial score (nSPS) is 15.5. The van der Waals surface area contributed by atoms with Crippen LogP contribution in [0.4, 0.5) is 5.69 Å². The maximum Gasteiger partial charge on any atom is 0.329 e. The molecule has 1 aromatic carbocycles. The number of aromatic amines is 2. The highest BCUT2D eigenvalue weighted by Gasteiger charge is 2.29.